The molecule has 0 radical (unpaired) electrons. The first-order chi connectivity index (χ1) is 9.54. The van der Waals surface area contributed by atoms with Crippen molar-refractivity contribution in [2.45, 2.75) is 25.0 Å². The molecule has 1 heterocycles. The molecule has 1 fully saturated rings. The van der Waals surface area contributed by atoms with Crippen LogP contribution < -0.4 is 10.1 Å². The first-order valence-electron chi connectivity index (χ1n) is 6.57. The average molecular weight is 409 g/mol. The molecule has 112 valence electrons. The minimum Gasteiger partial charge on any atom is -0.495 e. The Morgan fingerprint density at radius 3 is 2.70 bits per heavy atom. The molecule has 1 aliphatic heterocycles. The van der Waals surface area contributed by atoms with Gasteiger partial charge in [-0.1, -0.05) is 15.9 Å². The summed E-state index contributed by atoms with van der Waals surface area (Å²) in [5.74, 6) is 0.819. The molecule has 0 aromatic heterocycles. The highest BCUT2D eigenvalue weighted by atomic mass is 79.9. The fraction of sp³-hybridized carbons (Fsp3) is 0.571. The van der Waals surface area contributed by atoms with Crippen molar-refractivity contribution in [3.8, 4) is 5.75 Å². The molecule has 0 amide bonds. The van der Waals surface area contributed by atoms with Crippen LogP contribution >= 0.6 is 31.9 Å². The maximum atomic E-state index is 10.4. The van der Waals surface area contributed by atoms with Crippen molar-refractivity contribution < 1.29 is 14.6 Å². The van der Waals surface area contributed by atoms with Gasteiger partial charge in [-0.2, -0.15) is 0 Å². The standard InChI is InChI=1S/C14H19Br2NO3/c1-19-13-10(6-11(15)7-12(13)16)8-17-9-14(18)2-4-20-5-3-14/h6-7,17-18H,2-5,8-9H2,1H3. The van der Waals surface area contributed by atoms with Crippen LogP contribution in [-0.2, 0) is 11.3 Å². The lowest BCUT2D eigenvalue weighted by Crippen LogP contribution is -2.44. The Labute approximate surface area is 136 Å². The highest BCUT2D eigenvalue weighted by Crippen LogP contribution is 2.32. The highest BCUT2D eigenvalue weighted by Gasteiger charge is 2.29. The Hall–Kier alpha value is -0.140. The van der Waals surface area contributed by atoms with Crippen LogP contribution in [0.4, 0.5) is 0 Å². The van der Waals surface area contributed by atoms with Crippen LogP contribution in [0.1, 0.15) is 18.4 Å². The van der Waals surface area contributed by atoms with Crippen LogP contribution in [0.3, 0.4) is 0 Å². The zero-order valence-electron chi connectivity index (χ0n) is 11.4. The Kier molecular flexibility index (Phi) is 5.86. The van der Waals surface area contributed by atoms with Crippen LogP contribution in [0.2, 0.25) is 0 Å². The van der Waals surface area contributed by atoms with E-state index in [1.807, 2.05) is 12.1 Å². The summed E-state index contributed by atoms with van der Waals surface area (Å²) in [6, 6.07) is 3.97. The number of halogens is 2. The predicted octanol–water partition coefficient (Wildman–Crippen LogP) is 2.85. The third-order valence-electron chi connectivity index (χ3n) is 3.48. The quantitative estimate of drug-likeness (QED) is 0.786. The van der Waals surface area contributed by atoms with Gasteiger partial charge in [-0.15, -0.1) is 0 Å². The third-order valence-corrected chi connectivity index (χ3v) is 4.53. The smallest absolute Gasteiger partial charge is 0.137 e. The van der Waals surface area contributed by atoms with Gasteiger partial charge in [0.25, 0.3) is 0 Å². The molecule has 2 rings (SSSR count). The molecule has 4 nitrogen and oxygen atoms in total. The second-order valence-electron chi connectivity index (χ2n) is 5.02. The number of hydrogen-bond acceptors (Lipinski definition) is 4. The van der Waals surface area contributed by atoms with E-state index in [4.69, 9.17) is 9.47 Å². The van der Waals surface area contributed by atoms with Gasteiger partial charge in [-0.05, 0) is 28.1 Å². The summed E-state index contributed by atoms with van der Waals surface area (Å²) in [6.07, 6.45) is 1.36. The summed E-state index contributed by atoms with van der Waals surface area (Å²) >= 11 is 6.96. The largest absolute Gasteiger partial charge is 0.495 e. The van der Waals surface area contributed by atoms with Gasteiger partial charge in [0, 0.05) is 49.2 Å². The van der Waals surface area contributed by atoms with E-state index >= 15 is 0 Å². The number of benzene rings is 1. The second kappa shape index (κ2) is 7.22. The number of aliphatic hydroxyl groups is 1. The lowest BCUT2D eigenvalue weighted by molar-refractivity contribution is -0.0617. The van der Waals surface area contributed by atoms with Gasteiger partial charge in [-0.25, -0.2) is 0 Å². The summed E-state index contributed by atoms with van der Waals surface area (Å²) in [6.45, 7) is 2.46. The third kappa shape index (κ3) is 4.18. The zero-order valence-corrected chi connectivity index (χ0v) is 14.6. The van der Waals surface area contributed by atoms with Gasteiger partial charge in [0.1, 0.15) is 5.75 Å². The van der Waals surface area contributed by atoms with Crippen molar-refractivity contribution in [1.82, 2.24) is 5.32 Å². The fourth-order valence-corrected chi connectivity index (χ4v) is 3.81. The molecule has 1 saturated heterocycles. The molecule has 2 N–H and O–H groups in total. The molecule has 0 bridgehead atoms. The number of methoxy groups -OCH3 is 1. The van der Waals surface area contributed by atoms with Crippen molar-refractivity contribution >= 4 is 31.9 Å². The Bertz CT molecular complexity index is 462. The van der Waals surface area contributed by atoms with Crippen LogP contribution in [-0.4, -0.2) is 37.6 Å². The summed E-state index contributed by atoms with van der Waals surface area (Å²) in [7, 11) is 1.66. The van der Waals surface area contributed by atoms with E-state index in [1.165, 1.54) is 0 Å². The zero-order chi connectivity index (χ0) is 14.6. The number of ether oxygens (including phenoxy) is 2. The highest BCUT2D eigenvalue weighted by molar-refractivity contribution is 9.11. The first-order valence-corrected chi connectivity index (χ1v) is 8.15. The molecule has 0 saturated carbocycles. The molecule has 0 unspecified atom stereocenters. The van der Waals surface area contributed by atoms with Crippen molar-refractivity contribution in [2.75, 3.05) is 26.9 Å². The molecule has 1 aliphatic rings. The van der Waals surface area contributed by atoms with Gasteiger partial charge in [0.2, 0.25) is 0 Å². The summed E-state index contributed by atoms with van der Waals surface area (Å²) in [5, 5.41) is 13.7. The molecule has 0 atom stereocenters. The molecule has 6 heteroatoms. The molecule has 1 aromatic rings. The minimum absolute atomic E-state index is 0.559. The molecule has 0 aliphatic carbocycles. The average Bonchev–Trinajstić information content (AvgIpc) is 2.39. The molecule has 0 spiro atoms. The monoisotopic (exact) mass is 407 g/mol. The SMILES string of the molecule is COc1c(Br)cc(Br)cc1CNCC1(O)CCOCC1. The lowest BCUT2D eigenvalue weighted by atomic mass is 9.94. The normalized spacial score (nSPS) is 18.0. The van der Waals surface area contributed by atoms with Crippen LogP contribution in [0.25, 0.3) is 0 Å². The number of hydrogen-bond donors (Lipinski definition) is 2. The van der Waals surface area contributed by atoms with Gasteiger partial charge in [0.15, 0.2) is 0 Å². The van der Waals surface area contributed by atoms with Gasteiger partial charge >= 0.3 is 0 Å². The van der Waals surface area contributed by atoms with E-state index in [-0.39, 0.29) is 0 Å². The maximum absolute atomic E-state index is 10.4. The summed E-state index contributed by atoms with van der Waals surface area (Å²) < 4.78 is 12.6. The Morgan fingerprint density at radius 1 is 1.35 bits per heavy atom. The van der Waals surface area contributed by atoms with E-state index in [9.17, 15) is 5.11 Å². The van der Waals surface area contributed by atoms with Gasteiger partial charge < -0.3 is 19.9 Å². The van der Waals surface area contributed by atoms with Crippen LogP contribution in [0, 0.1) is 0 Å². The van der Waals surface area contributed by atoms with E-state index in [2.05, 4.69) is 37.2 Å². The topological polar surface area (TPSA) is 50.7 Å². The van der Waals surface area contributed by atoms with E-state index in [0.29, 0.717) is 39.1 Å². The maximum Gasteiger partial charge on any atom is 0.137 e. The summed E-state index contributed by atoms with van der Waals surface area (Å²) in [4.78, 5) is 0. The van der Waals surface area contributed by atoms with Crippen molar-refractivity contribution in [1.29, 1.82) is 0 Å². The van der Waals surface area contributed by atoms with E-state index in [1.54, 1.807) is 7.11 Å². The Balaban J connectivity index is 1.97. The van der Waals surface area contributed by atoms with Crippen LogP contribution in [0.15, 0.2) is 21.1 Å². The lowest BCUT2D eigenvalue weighted by Gasteiger charge is -2.32. The molecule has 20 heavy (non-hydrogen) atoms. The fourth-order valence-electron chi connectivity index (χ4n) is 2.33. The van der Waals surface area contributed by atoms with Crippen molar-refractivity contribution in [3.05, 3.63) is 26.6 Å². The molecule has 1 aromatic carbocycles. The molecular formula is C14H19Br2NO3. The summed E-state index contributed by atoms with van der Waals surface area (Å²) in [5.41, 5.74) is 0.388. The van der Waals surface area contributed by atoms with E-state index < -0.39 is 5.60 Å². The van der Waals surface area contributed by atoms with Crippen molar-refractivity contribution in [3.63, 3.8) is 0 Å². The van der Waals surface area contributed by atoms with Crippen molar-refractivity contribution in [2.24, 2.45) is 0 Å². The van der Waals surface area contributed by atoms with Gasteiger partial charge in [-0.3, -0.25) is 0 Å². The first kappa shape index (κ1) is 16.2. The number of rotatable bonds is 5. The minimum atomic E-state index is -0.658. The second-order valence-corrected chi connectivity index (χ2v) is 6.79. The Morgan fingerprint density at radius 2 is 2.05 bits per heavy atom. The van der Waals surface area contributed by atoms with Crippen LogP contribution in [0.5, 0.6) is 5.75 Å². The molecular weight excluding hydrogens is 390 g/mol. The predicted molar refractivity (Wildman–Crippen MR) is 85.1 cm³/mol. The van der Waals surface area contributed by atoms with Gasteiger partial charge in [0.05, 0.1) is 17.2 Å². The number of nitrogens with one attached hydrogen (secondary N) is 1. The van der Waals surface area contributed by atoms with E-state index in [0.717, 1.165) is 20.3 Å².